The van der Waals surface area contributed by atoms with Gasteiger partial charge >= 0.3 is 5.97 Å². The summed E-state index contributed by atoms with van der Waals surface area (Å²) in [5.41, 5.74) is 0.263. The van der Waals surface area contributed by atoms with Gasteiger partial charge in [-0.25, -0.2) is 9.78 Å². The number of aromatic nitrogens is 1. The monoisotopic (exact) mass is 256 g/mol. The molecule has 14 heavy (non-hydrogen) atoms. The van der Waals surface area contributed by atoms with Gasteiger partial charge in [0.2, 0.25) is 0 Å². The molecule has 0 bridgehead atoms. The third-order valence-corrected chi connectivity index (χ3v) is 2.65. The second-order valence-corrected chi connectivity index (χ2v) is 4.09. The minimum atomic E-state index is -0.930. The summed E-state index contributed by atoms with van der Waals surface area (Å²) in [5, 5.41) is 8.97. The summed E-state index contributed by atoms with van der Waals surface area (Å²) in [4.78, 5) is 17.0. The van der Waals surface area contributed by atoms with Crippen molar-refractivity contribution in [1.29, 1.82) is 0 Å². The molecule has 0 atom stereocenters. The van der Waals surface area contributed by atoms with Crippen LogP contribution >= 0.6 is 15.9 Å². The third kappa shape index (κ3) is 1.59. The number of hydrogen-bond donors (Lipinski definition) is 1. The maximum absolute atomic E-state index is 10.9. The molecule has 0 unspecified atom stereocenters. The largest absolute Gasteiger partial charge is 0.478 e. The van der Waals surface area contributed by atoms with E-state index < -0.39 is 5.97 Å². The average molecular weight is 257 g/mol. The highest BCUT2D eigenvalue weighted by molar-refractivity contribution is 9.10. The third-order valence-electron chi connectivity index (χ3n) is 2.22. The lowest BCUT2D eigenvalue weighted by molar-refractivity contribution is 0.0697. The molecule has 1 N–H and O–H groups in total. The molecule has 0 radical (unpaired) electrons. The summed E-state index contributed by atoms with van der Waals surface area (Å²) < 4.78 is 0.694. The van der Waals surface area contributed by atoms with Crippen LogP contribution in [0.4, 0.5) is 5.82 Å². The Kier molecular flexibility index (Phi) is 2.41. The van der Waals surface area contributed by atoms with Crippen LogP contribution in [0.1, 0.15) is 16.8 Å². The summed E-state index contributed by atoms with van der Waals surface area (Å²) in [7, 11) is 0. The number of halogens is 1. The van der Waals surface area contributed by atoms with E-state index in [2.05, 4.69) is 20.9 Å². The standard InChI is InChI=1S/C9H9BrN2O2/c10-6-4-7(9(13)14)8(11-5-6)12-2-1-3-12/h4-5H,1-3H2,(H,13,14). The van der Waals surface area contributed by atoms with Gasteiger partial charge in [0.05, 0.1) is 0 Å². The summed E-state index contributed by atoms with van der Waals surface area (Å²) >= 11 is 3.21. The van der Waals surface area contributed by atoms with Gasteiger partial charge in [-0.2, -0.15) is 0 Å². The molecule has 0 saturated carbocycles. The maximum atomic E-state index is 10.9. The molecule has 1 aromatic heterocycles. The van der Waals surface area contributed by atoms with Crippen molar-refractivity contribution in [3.05, 3.63) is 22.3 Å². The van der Waals surface area contributed by atoms with E-state index in [0.29, 0.717) is 10.3 Å². The van der Waals surface area contributed by atoms with Crippen LogP contribution in [0.15, 0.2) is 16.7 Å². The van der Waals surface area contributed by atoms with Gasteiger partial charge in [0.15, 0.2) is 0 Å². The van der Waals surface area contributed by atoms with Crippen LogP contribution in [-0.4, -0.2) is 29.1 Å². The number of nitrogens with zero attached hydrogens (tertiary/aromatic N) is 2. The maximum Gasteiger partial charge on any atom is 0.339 e. The molecule has 1 fully saturated rings. The van der Waals surface area contributed by atoms with Gasteiger partial charge in [-0.3, -0.25) is 0 Å². The van der Waals surface area contributed by atoms with Crippen molar-refractivity contribution in [2.45, 2.75) is 6.42 Å². The lowest BCUT2D eigenvalue weighted by Crippen LogP contribution is -2.38. The smallest absolute Gasteiger partial charge is 0.339 e. The molecule has 2 heterocycles. The van der Waals surface area contributed by atoms with Crippen LogP contribution in [0.2, 0.25) is 0 Å². The molecule has 4 nitrogen and oxygen atoms in total. The minimum Gasteiger partial charge on any atom is -0.478 e. The Morgan fingerprint density at radius 3 is 2.79 bits per heavy atom. The molecule has 1 aliphatic heterocycles. The fourth-order valence-corrected chi connectivity index (χ4v) is 1.70. The van der Waals surface area contributed by atoms with Gasteiger partial charge in [-0.05, 0) is 28.4 Å². The highest BCUT2D eigenvalue weighted by Gasteiger charge is 2.22. The number of carboxylic acids is 1. The molecule has 0 aliphatic carbocycles. The Morgan fingerprint density at radius 2 is 2.29 bits per heavy atom. The second kappa shape index (κ2) is 3.57. The number of hydrogen-bond acceptors (Lipinski definition) is 3. The van der Waals surface area contributed by atoms with Crippen LogP contribution in [0.5, 0.6) is 0 Å². The summed E-state index contributed by atoms with van der Waals surface area (Å²) in [6.45, 7) is 1.80. The van der Waals surface area contributed by atoms with Gasteiger partial charge < -0.3 is 10.0 Å². The highest BCUT2D eigenvalue weighted by atomic mass is 79.9. The Labute approximate surface area is 89.7 Å². The van der Waals surface area contributed by atoms with Gasteiger partial charge in [0.25, 0.3) is 0 Å². The molecule has 0 amide bonds. The van der Waals surface area contributed by atoms with Crippen molar-refractivity contribution in [2.24, 2.45) is 0 Å². The van der Waals surface area contributed by atoms with Crippen LogP contribution in [0.3, 0.4) is 0 Å². The van der Waals surface area contributed by atoms with E-state index in [-0.39, 0.29) is 5.56 Å². The van der Waals surface area contributed by atoms with Crippen LogP contribution in [-0.2, 0) is 0 Å². The topological polar surface area (TPSA) is 53.4 Å². The number of anilines is 1. The van der Waals surface area contributed by atoms with Gasteiger partial charge in [0.1, 0.15) is 11.4 Å². The molecule has 1 aliphatic rings. The number of aromatic carboxylic acids is 1. The first-order chi connectivity index (χ1) is 6.68. The Bertz CT molecular complexity index is 377. The number of pyridine rings is 1. The zero-order chi connectivity index (χ0) is 10.1. The Morgan fingerprint density at radius 1 is 1.57 bits per heavy atom. The molecule has 74 valence electrons. The predicted octanol–water partition coefficient (Wildman–Crippen LogP) is 1.75. The minimum absolute atomic E-state index is 0.263. The molecule has 2 rings (SSSR count). The predicted molar refractivity (Wildman–Crippen MR) is 55.7 cm³/mol. The van der Waals surface area contributed by atoms with E-state index in [9.17, 15) is 4.79 Å². The normalized spacial score (nSPS) is 15.1. The van der Waals surface area contributed by atoms with E-state index in [1.54, 1.807) is 12.3 Å². The fraction of sp³-hybridized carbons (Fsp3) is 0.333. The molecule has 1 aromatic rings. The first-order valence-corrected chi connectivity index (χ1v) is 5.11. The van der Waals surface area contributed by atoms with Crippen molar-refractivity contribution in [2.75, 3.05) is 18.0 Å². The molecule has 0 spiro atoms. The number of carbonyl (C=O) groups is 1. The van der Waals surface area contributed by atoms with Crippen LogP contribution in [0, 0.1) is 0 Å². The van der Waals surface area contributed by atoms with Gasteiger partial charge in [0, 0.05) is 23.8 Å². The molecule has 5 heteroatoms. The lowest BCUT2D eigenvalue weighted by Gasteiger charge is -2.32. The summed E-state index contributed by atoms with van der Waals surface area (Å²) in [6, 6.07) is 1.59. The van der Waals surface area contributed by atoms with Crippen molar-refractivity contribution < 1.29 is 9.90 Å². The van der Waals surface area contributed by atoms with Crippen LogP contribution < -0.4 is 4.90 Å². The van der Waals surface area contributed by atoms with Gasteiger partial charge in [-0.1, -0.05) is 0 Å². The molecular weight excluding hydrogens is 248 g/mol. The second-order valence-electron chi connectivity index (χ2n) is 3.17. The fourth-order valence-electron chi connectivity index (χ4n) is 1.37. The summed E-state index contributed by atoms with van der Waals surface area (Å²) in [5.74, 6) is -0.354. The number of rotatable bonds is 2. The quantitative estimate of drug-likeness (QED) is 0.876. The van der Waals surface area contributed by atoms with E-state index in [1.807, 2.05) is 4.90 Å². The van der Waals surface area contributed by atoms with Crippen molar-refractivity contribution in [3.8, 4) is 0 Å². The molecule has 0 aromatic carbocycles. The molecule has 1 saturated heterocycles. The highest BCUT2D eigenvalue weighted by Crippen LogP contribution is 2.25. The van der Waals surface area contributed by atoms with Crippen molar-refractivity contribution in [3.63, 3.8) is 0 Å². The Balaban J connectivity index is 2.41. The first kappa shape index (κ1) is 9.45. The van der Waals surface area contributed by atoms with Crippen LogP contribution in [0.25, 0.3) is 0 Å². The van der Waals surface area contributed by atoms with Crippen molar-refractivity contribution in [1.82, 2.24) is 4.98 Å². The zero-order valence-corrected chi connectivity index (χ0v) is 8.99. The van der Waals surface area contributed by atoms with E-state index in [1.165, 1.54) is 0 Å². The average Bonchev–Trinajstić information content (AvgIpc) is 2.04. The van der Waals surface area contributed by atoms with Crippen molar-refractivity contribution >= 4 is 27.7 Å². The van der Waals surface area contributed by atoms with E-state index >= 15 is 0 Å². The lowest BCUT2D eigenvalue weighted by atomic mass is 10.1. The number of carboxylic acid groups (broad SMARTS) is 1. The van der Waals surface area contributed by atoms with Gasteiger partial charge in [-0.15, -0.1) is 0 Å². The first-order valence-electron chi connectivity index (χ1n) is 4.32. The SMILES string of the molecule is O=C(O)c1cc(Br)cnc1N1CCC1. The summed E-state index contributed by atoms with van der Waals surface area (Å²) in [6.07, 6.45) is 2.73. The Hall–Kier alpha value is -1.10. The van der Waals surface area contributed by atoms with E-state index in [4.69, 9.17) is 5.11 Å². The molecular formula is C9H9BrN2O2. The zero-order valence-electron chi connectivity index (χ0n) is 7.40. The van der Waals surface area contributed by atoms with E-state index in [0.717, 1.165) is 19.5 Å².